The molecule has 0 radical (unpaired) electrons. The number of ether oxygens (including phenoxy) is 1. The minimum absolute atomic E-state index is 0.512. The van der Waals surface area contributed by atoms with E-state index in [1.807, 2.05) is 0 Å². The fourth-order valence-corrected chi connectivity index (χ4v) is 3.53. The zero-order valence-corrected chi connectivity index (χ0v) is 13.8. The van der Waals surface area contributed by atoms with Crippen molar-refractivity contribution in [3.05, 3.63) is 0 Å². The Kier molecular flexibility index (Phi) is 6.79. The van der Waals surface area contributed by atoms with Crippen molar-refractivity contribution in [1.82, 2.24) is 9.80 Å². The normalized spacial score (nSPS) is 24.6. The Morgan fingerprint density at radius 2 is 1.65 bits per heavy atom. The molecule has 2 rings (SSSR count). The average Bonchev–Trinajstić information content (AvgIpc) is 2.48. The Balaban J connectivity index is 1.54. The van der Waals surface area contributed by atoms with Gasteiger partial charge < -0.3 is 14.5 Å². The van der Waals surface area contributed by atoms with Gasteiger partial charge >= 0.3 is 0 Å². The van der Waals surface area contributed by atoms with Gasteiger partial charge in [0.15, 0.2) is 0 Å². The third kappa shape index (κ3) is 5.01. The first-order valence-corrected chi connectivity index (χ1v) is 8.77. The standard InChI is InChI=1S/C17H34N2O/c1-4-16-5-9-18(10-6-16)13-14-20-17-7-11-19(12-8-17)15(2)3/h15-17H,4-14H2,1-3H3. The fourth-order valence-electron chi connectivity index (χ4n) is 3.53. The second-order valence-corrected chi connectivity index (χ2v) is 6.89. The zero-order chi connectivity index (χ0) is 14.4. The van der Waals surface area contributed by atoms with Gasteiger partial charge in [0.25, 0.3) is 0 Å². The second kappa shape index (κ2) is 8.35. The third-order valence-electron chi connectivity index (χ3n) is 5.25. The molecule has 0 atom stereocenters. The molecule has 0 aromatic carbocycles. The predicted molar refractivity (Wildman–Crippen MR) is 85.1 cm³/mol. The molecule has 3 nitrogen and oxygen atoms in total. The lowest BCUT2D eigenvalue weighted by molar-refractivity contribution is -0.00967. The maximum atomic E-state index is 6.10. The van der Waals surface area contributed by atoms with E-state index >= 15 is 0 Å². The van der Waals surface area contributed by atoms with Gasteiger partial charge in [-0.05, 0) is 58.5 Å². The molecule has 2 heterocycles. The van der Waals surface area contributed by atoms with Crippen LogP contribution in [0.5, 0.6) is 0 Å². The summed E-state index contributed by atoms with van der Waals surface area (Å²) in [4.78, 5) is 5.16. The summed E-state index contributed by atoms with van der Waals surface area (Å²) in [5.74, 6) is 0.979. The molecule has 2 aliphatic rings. The molecule has 2 saturated heterocycles. The summed E-state index contributed by atoms with van der Waals surface area (Å²) in [7, 11) is 0. The van der Waals surface area contributed by atoms with E-state index in [1.54, 1.807) is 0 Å². The Bertz CT molecular complexity index is 254. The van der Waals surface area contributed by atoms with Gasteiger partial charge in [-0.2, -0.15) is 0 Å². The van der Waals surface area contributed by atoms with E-state index in [2.05, 4.69) is 30.6 Å². The van der Waals surface area contributed by atoms with Gasteiger partial charge in [0.2, 0.25) is 0 Å². The van der Waals surface area contributed by atoms with Gasteiger partial charge in [0.1, 0.15) is 0 Å². The van der Waals surface area contributed by atoms with Crippen LogP contribution in [0.25, 0.3) is 0 Å². The van der Waals surface area contributed by atoms with Gasteiger partial charge in [-0.25, -0.2) is 0 Å². The molecule has 0 aromatic rings. The lowest BCUT2D eigenvalue weighted by Gasteiger charge is -2.35. The highest BCUT2D eigenvalue weighted by atomic mass is 16.5. The average molecular weight is 282 g/mol. The van der Waals surface area contributed by atoms with Gasteiger partial charge in [-0.1, -0.05) is 13.3 Å². The van der Waals surface area contributed by atoms with Gasteiger partial charge in [0, 0.05) is 25.7 Å². The predicted octanol–water partition coefficient (Wildman–Crippen LogP) is 3.00. The largest absolute Gasteiger partial charge is 0.377 e. The van der Waals surface area contributed by atoms with Crippen molar-refractivity contribution < 1.29 is 4.74 Å². The van der Waals surface area contributed by atoms with Crippen molar-refractivity contribution in [1.29, 1.82) is 0 Å². The van der Waals surface area contributed by atoms with E-state index in [0.29, 0.717) is 12.1 Å². The first-order chi connectivity index (χ1) is 9.69. The smallest absolute Gasteiger partial charge is 0.0600 e. The molecule has 0 saturated carbocycles. The summed E-state index contributed by atoms with van der Waals surface area (Å²) < 4.78 is 6.10. The molecular weight excluding hydrogens is 248 g/mol. The van der Waals surface area contributed by atoms with Gasteiger partial charge in [-0.15, -0.1) is 0 Å². The number of rotatable bonds is 6. The molecule has 118 valence electrons. The maximum Gasteiger partial charge on any atom is 0.0600 e. The van der Waals surface area contributed by atoms with E-state index in [9.17, 15) is 0 Å². The van der Waals surface area contributed by atoms with Crippen LogP contribution in [-0.4, -0.2) is 61.3 Å². The highest BCUT2D eigenvalue weighted by Gasteiger charge is 2.22. The van der Waals surface area contributed by atoms with Crippen LogP contribution in [0.3, 0.4) is 0 Å². The van der Waals surface area contributed by atoms with Crippen molar-refractivity contribution in [2.24, 2.45) is 5.92 Å². The van der Waals surface area contributed by atoms with Crippen LogP contribution in [0.15, 0.2) is 0 Å². The van der Waals surface area contributed by atoms with Crippen LogP contribution in [0, 0.1) is 5.92 Å². The van der Waals surface area contributed by atoms with Crippen molar-refractivity contribution >= 4 is 0 Å². The van der Waals surface area contributed by atoms with Crippen molar-refractivity contribution in [3.8, 4) is 0 Å². The Morgan fingerprint density at radius 3 is 2.20 bits per heavy atom. The van der Waals surface area contributed by atoms with Crippen LogP contribution in [0.2, 0.25) is 0 Å². The van der Waals surface area contributed by atoms with Crippen LogP contribution in [0.4, 0.5) is 0 Å². The highest BCUT2D eigenvalue weighted by Crippen LogP contribution is 2.20. The lowest BCUT2D eigenvalue weighted by Crippen LogP contribution is -2.42. The molecule has 0 bridgehead atoms. The molecule has 0 amide bonds. The van der Waals surface area contributed by atoms with Crippen molar-refractivity contribution in [2.45, 2.75) is 65.0 Å². The number of nitrogens with zero attached hydrogens (tertiary/aromatic N) is 2. The number of hydrogen-bond acceptors (Lipinski definition) is 3. The molecule has 0 unspecified atom stereocenters. The Hall–Kier alpha value is -0.120. The van der Waals surface area contributed by atoms with E-state index in [1.165, 1.54) is 58.3 Å². The van der Waals surface area contributed by atoms with Crippen LogP contribution >= 0.6 is 0 Å². The van der Waals surface area contributed by atoms with E-state index in [-0.39, 0.29) is 0 Å². The van der Waals surface area contributed by atoms with Gasteiger partial charge in [0.05, 0.1) is 12.7 Å². The molecule has 2 aliphatic heterocycles. The summed E-state index contributed by atoms with van der Waals surface area (Å²) in [5.41, 5.74) is 0. The number of piperidine rings is 2. The molecule has 0 spiro atoms. The van der Waals surface area contributed by atoms with Crippen molar-refractivity contribution in [2.75, 3.05) is 39.3 Å². The van der Waals surface area contributed by atoms with Crippen LogP contribution in [-0.2, 0) is 4.74 Å². The van der Waals surface area contributed by atoms with Crippen LogP contribution in [0.1, 0.15) is 52.9 Å². The second-order valence-electron chi connectivity index (χ2n) is 6.89. The molecule has 20 heavy (non-hydrogen) atoms. The topological polar surface area (TPSA) is 15.7 Å². The molecule has 0 aromatic heterocycles. The monoisotopic (exact) mass is 282 g/mol. The zero-order valence-electron chi connectivity index (χ0n) is 13.8. The first-order valence-electron chi connectivity index (χ1n) is 8.77. The van der Waals surface area contributed by atoms with Gasteiger partial charge in [-0.3, -0.25) is 0 Å². The quantitative estimate of drug-likeness (QED) is 0.745. The fraction of sp³-hybridized carbons (Fsp3) is 1.00. The maximum absolute atomic E-state index is 6.10. The third-order valence-corrected chi connectivity index (χ3v) is 5.25. The summed E-state index contributed by atoms with van der Waals surface area (Å²) >= 11 is 0. The molecule has 0 N–H and O–H groups in total. The van der Waals surface area contributed by atoms with E-state index < -0.39 is 0 Å². The van der Waals surface area contributed by atoms with Crippen molar-refractivity contribution in [3.63, 3.8) is 0 Å². The lowest BCUT2D eigenvalue weighted by atomic mass is 9.94. The highest BCUT2D eigenvalue weighted by molar-refractivity contribution is 4.75. The molecule has 0 aliphatic carbocycles. The van der Waals surface area contributed by atoms with E-state index in [4.69, 9.17) is 4.74 Å². The summed E-state index contributed by atoms with van der Waals surface area (Å²) in [5, 5.41) is 0. The molecule has 3 heteroatoms. The summed E-state index contributed by atoms with van der Waals surface area (Å²) in [6.07, 6.45) is 7.09. The minimum atomic E-state index is 0.512. The molecular formula is C17H34N2O. The number of likely N-dealkylation sites (tertiary alicyclic amines) is 2. The summed E-state index contributed by atoms with van der Waals surface area (Å²) in [6, 6.07) is 0.691. The SMILES string of the molecule is CCC1CCN(CCOC2CCN(C(C)C)CC2)CC1. The number of hydrogen-bond donors (Lipinski definition) is 0. The Morgan fingerprint density at radius 1 is 1.00 bits per heavy atom. The Labute approximate surface area is 125 Å². The molecule has 2 fully saturated rings. The van der Waals surface area contributed by atoms with Crippen LogP contribution < -0.4 is 0 Å². The minimum Gasteiger partial charge on any atom is -0.377 e. The first kappa shape index (κ1) is 16.3. The van der Waals surface area contributed by atoms with E-state index in [0.717, 1.165) is 19.1 Å². The summed E-state index contributed by atoms with van der Waals surface area (Å²) in [6.45, 7) is 14.0.